The molecule has 116 valence electrons. The van der Waals surface area contributed by atoms with E-state index in [2.05, 4.69) is 15.5 Å². The van der Waals surface area contributed by atoms with Crippen molar-refractivity contribution in [3.05, 3.63) is 0 Å². The molecule has 1 unspecified atom stereocenters. The fourth-order valence-electron chi connectivity index (χ4n) is 1.74. The molecule has 0 aromatic carbocycles. The molecular formula is C12H24N4O4. The van der Waals surface area contributed by atoms with Crippen LogP contribution in [0.5, 0.6) is 0 Å². The van der Waals surface area contributed by atoms with Crippen LogP contribution >= 0.6 is 0 Å². The maximum absolute atomic E-state index is 11.7. The van der Waals surface area contributed by atoms with Crippen LogP contribution in [-0.2, 0) is 9.59 Å². The molecule has 8 heteroatoms. The van der Waals surface area contributed by atoms with E-state index in [1.807, 2.05) is 20.8 Å². The van der Waals surface area contributed by atoms with Gasteiger partial charge in [-0.15, -0.1) is 0 Å². The summed E-state index contributed by atoms with van der Waals surface area (Å²) in [7, 11) is 0. The maximum Gasteiger partial charge on any atom is 0.326 e. The van der Waals surface area contributed by atoms with Gasteiger partial charge >= 0.3 is 12.0 Å². The van der Waals surface area contributed by atoms with Crippen LogP contribution in [0, 0.1) is 0 Å². The number of nitrogens with one attached hydrogen (secondary N) is 2. The van der Waals surface area contributed by atoms with Crippen molar-refractivity contribution in [1.29, 1.82) is 0 Å². The van der Waals surface area contributed by atoms with Crippen molar-refractivity contribution >= 4 is 17.9 Å². The Morgan fingerprint density at radius 3 is 2.15 bits per heavy atom. The second-order valence-corrected chi connectivity index (χ2v) is 4.57. The number of likely N-dealkylation sites (N-methyl/N-ethyl adjacent to an activating group) is 1. The van der Waals surface area contributed by atoms with Crippen LogP contribution in [0.2, 0.25) is 0 Å². The van der Waals surface area contributed by atoms with Crippen molar-refractivity contribution in [2.75, 3.05) is 19.6 Å². The predicted molar refractivity (Wildman–Crippen MR) is 74.2 cm³/mol. The Hall–Kier alpha value is -1.83. The number of urea groups is 1. The molecule has 0 fully saturated rings. The highest BCUT2D eigenvalue weighted by atomic mass is 16.4. The van der Waals surface area contributed by atoms with Gasteiger partial charge in [0.1, 0.15) is 6.04 Å². The van der Waals surface area contributed by atoms with Crippen molar-refractivity contribution in [1.82, 2.24) is 15.5 Å². The van der Waals surface area contributed by atoms with E-state index < -0.39 is 30.4 Å². The molecule has 0 aliphatic heterocycles. The topological polar surface area (TPSA) is 125 Å². The maximum atomic E-state index is 11.7. The van der Waals surface area contributed by atoms with Crippen LogP contribution in [0.1, 0.15) is 27.2 Å². The monoisotopic (exact) mass is 288 g/mol. The molecule has 0 saturated heterocycles. The number of carbonyl (C=O) groups is 3. The number of hydrogen-bond donors (Lipinski definition) is 4. The zero-order valence-corrected chi connectivity index (χ0v) is 12.2. The minimum Gasteiger partial charge on any atom is -0.480 e. The average molecular weight is 288 g/mol. The highest BCUT2D eigenvalue weighted by molar-refractivity contribution is 5.87. The Morgan fingerprint density at radius 1 is 1.20 bits per heavy atom. The molecule has 0 aromatic heterocycles. The van der Waals surface area contributed by atoms with Gasteiger partial charge < -0.3 is 26.4 Å². The number of carboxylic acid groups (broad SMARTS) is 1. The number of rotatable bonds is 9. The third-order valence-corrected chi connectivity index (χ3v) is 2.81. The predicted octanol–water partition coefficient (Wildman–Crippen LogP) is -0.655. The summed E-state index contributed by atoms with van der Waals surface area (Å²) in [6, 6.07) is -2.08. The molecule has 0 aliphatic rings. The summed E-state index contributed by atoms with van der Waals surface area (Å²) in [5.74, 6) is -2.08. The highest BCUT2D eigenvalue weighted by Gasteiger charge is 2.22. The second-order valence-electron chi connectivity index (χ2n) is 4.57. The van der Waals surface area contributed by atoms with E-state index in [4.69, 9.17) is 10.8 Å². The molecule has 5 N–H and O–H groups in total. The van der Waals surface area contributed by atoms with Crippen LogP contribution in [0.4, 0.5) is 4.79 Å². The van der Waals surface area contributed by atoms with E-state index in [1.165, 1.54) is 0 Å². The van der Waals surface area contributed by atoms with Crippen molar-refractivity contribution in [2.24, 2.45) is 5.73 Å². The number of primary amides is 1. The van der Waals surface area contributed by atoms with E-state index in [0.717, 1.165) is 13.1 Å². The summed E-state index contributed by atoms with van der Waals surface area (Å²) >= 11 is 0. The Bertz CT molecular complexity index is 344. The Balaban J connectivity index is 4.31. The van der Waals surface area contributed by atoms with Crippen molar-refractivity contribution in [2.45, 2.75) is 39.3 Å². The highest BCUT2D eigenvalue weighted by Crippen LogP contribution is 1.94. The SMILES string of the molecule is CCN(CC)CC(C)NC(=O)N[C@H](CC(N)=O)C(=O)O. The number of aliphatic carboxylic acids is 1. The lowest BCUT2D eigenvalue weighted by molar-refractivity contribution is -0.140. The molecule has 0 saturated carbocycles. The molecule has 3 amide bonds. The molecule has 0 aliphatic carbocycles. The molecule has 0 bridgehead atoms. The number of carbonyl (C=O) groups excluding carboxylic acids is 2. The molecule has 0 radical (unpaired) electrons. The van der Waals surface area contributed by atoms with Crippen LogP contribution in [0.3, 0.4) is 0 Å². The van der Waals surface area contributed by atoms with Gasteiger partial charge in [-0.2, -0.15) is 0 Å². The summed E-state index contributed by atoms with van der Waals surface area (Å²) in [6.45, 7) is 8.25. The van der Waals surface area contributed by atoms with Gasteiger partial charge in [-0.3, -0.25) is 4.79 Å². The second kappa shape index (κ2) is 9.13. The zero-order chi connectivity index (χ0) is 15.7. The van der Waals surface area contributed by atoms with Gasteiger partial charge in [0.2, 0.25) is 5.91 Å². The zero-order valence-electron chi connectivity index (χ0n) is 12.2. The first-order chi connectivity index (χ1) is 9.29. The number of nitrogens with zero attached hydrogens (tertiary/aromatic N) is 1. The van der Waals surface area contributed by atoms with Crippen molar-refractivity contribution in [3.8, 4) is 0 Å². The van der Waals surface area contributed by atoms with Crippen LogP contribution in [0.15, 0.2) is 0 Å². The lowest BCUT2D eigenvalue weighted by Crippen LogP contribution is -2.51. The average Bonchev–Trinajstić information content (AvgIpc) is 2.34. The number of nitrogens with two attached hydrogens (primary N) is 1. The minimum atomic E-state index is -1.31. The van der Waals surface area contributed by atoms with Crippen LogP contribution < -0.4 is 16.4 Å². The lowest BCUT2D eigenvalue weighted by atomic mass is 10.2. The third-order valence-electron chi connectivity index (χ3n) is 2.81. The molecule has 8 nitrogen and oxygen atoms in total. The smallest absolute Gasteiger partial charge is 0.326 e. The van der Waals surface area contributed by atoms with E-state index >= 15 is 0 Å². The summed E-state index contributed by atoms with van der Waals surface area (Å²) in [4.78, 5) is 35.4. The standard InChI is InChI=1S/C12H24N4O4/c1-4-16(5-2)7-8(3)14-12(20)15-9(11(18)19)6-10(13)17/h8-9H,4-7H2,1-3H3,(H2,13,17)(H,18,19)(H2,14,15,20)/t8?,9-/m1/s1. The first-order valence-electron chi connectivity index (χ1n) is 6.60. The number of carboxylic acids is 1. The summed E-state index contributed by atoms with van der Waals surface area (Å²) in [5.41, 5.74) is 4.93. The molecule has 0 heterocycles. The first-order valence-corrected chi connectivity index (χ1v) is 6.60. The number of hydrogen-bond acceptors (Lipinski definition) is 4. The van der Waals surface area contributed by atoms with Gasteiger partial charge in [-0.1, -0.05) is 13.8 Å². The first kappa shape index (κ1) is 18.2. The van der Waals surface area contributed by atoms with Crippen molar-refractivity contribution in [3.63, 3.8) is 0 Å². The Kier molecular flexibility index (Phi) is 8.30. The van der Waals surface area contributed by atoms with Gasteiger partial charge in [0.25, 0.3) is 0 Å². The summed E-state index contributed by atoms with van der Waals surface area (Å²) in [5, 5.41) is 13.7. The van der Waals surface area contributed by atoms with E-state index in [-0.39, 0.29) is 6.04 Å². The molecular weight excluding hydrogens is 264 g/mol. The molecule has 0 rings (SSSR count). The van der Waals surface area contributed by atoms with Gasteiger partial charge in [0.05, 0.1) is 6.42 Å². The van der Waals surface area contributed by atoms with E-state index in [9.17, 15) is 14.4 Å². The molecule has 20 heavy (non-hydrogen) atoms. The van der Waals surface area contributed by atoms with Crippen LogP contribution in [-0.4, -0.2) is 59.6 Å². The minimum absolute atomic E-state index is 0.141. The normalized spacial score (nSPS) is 13.6. The van der Waals surface area contributed by atoms with Crippen molar-refractivity contribution < 1.29 is 19.5 Å². The van der Waals surface area contributed by atoms with E-state index in [1.54, 1.807) is 0 Å². The quantitative estimate of drug-likeness (QED) is 0.448. The Labute approximate surface area is 118 Å². The summed E-state index contributed by atoms with van der Waals surface area (Å²) in [6.07, 6.45) is -0.437. The van der Waals surface area contributed by atoms with Gasteiger partial charge in [0.15, 0.2) is 0 Å². The fraction of sp³-hybridized carbons (Fsp3) is 0.750. The number of amides is 3. The largest absolute Gasteiger partial charge is 0.480 e. The Morgan fingerprint density at radius 2 is 1.75 bits per heavy atom. The summed E-state index contributed by atoms with van der Waals surface area (Å²) < 4.78 is 0. The van der Waals surface area contributed by atoms with Gasteiger partial charge in [-0.05, 0) is 20.0 Å². The van der Waals surface area contributed by atoms with Gasteiger partial charge in [0, 0.05) is 12.6 Å². The third kappa shape index (κ3) is 7.57. The molecule has 0 spiro atoms. The molecule has 2 atom stereocenters. The van der Waals surface area contributed by atoms with Crippen LogP contribution in [0.25, 0.3) is 0 Å². The van der Waals surface area contributed by atoms with E-state index in [0.29, 0.717) is 6.54 Å². The van der Waals surface area contributed by atoms with Gasteiger partial charge in [-0.25, -0.2) is 9.59 Å². The molecule has 0 aromatic rings. The fourth-order valence-corrected chi connectivity index (χ4v) is 1.74. The lowest BCUT2D eigenvalue weighted by Gasteiger charge is -2.24.